The van der Waals surface area contributed by atoms with Crippen molar-refractivity contribution in [2.45, 2.75) is 0 Å². The Labute approximate surface area is 114 Å². The molecule has 0 aliphatic rings. The van der Waals surface area contributed by atoms with Gasteiger partial charge in [0, 0.05) is 0 Å². The van der Waals surface area contributed by atoms with E-state index in [4.69, 9.17) is 22.8 Å². The lowest BCUT2D eigenvalue weighted by molar-refractivity contribution is 0.415. The van der Waals surface area contributed by atoms with Crippen LogP contribution in [0.1, 0.15) is 11.3 Å². The van der Waals surface area contributed by atoms with E-state index in [0.717, 1.165) is 16.0 Å². The lowest BCUT2D eigenvalue weighted by Crippen LogP contribution is -2.31. The van der Waals surface area contributed by atoms with E-state index in [1.807, 2.05) is 24.3 Å². The highest BCUT2D eigenvalue weighted by molar-refractivity contribution is 7.71. The lowest BCUT2D eigenvalue weighted by atomic mass is 10.2. The van der Waals surface area contributed by atoms with Gasteiger partial charge in [0.05, 0.1) is 7.11 Å². The van der Waals surface area contributed by atoms with Gasteiger partial charge in [0.25, 0.3) is 5.56 Å². The Hall–Kier alpha value is -2.41. The quantitative estimate of drug-likeness (QED) is 0.649. The van der Waals surface area contributed by atoms with Gasteiger partial charge in [-0.3, -0.25) is 9.89 Å². The van der Waals surface area contributed by atoms with Crippen LogP contribution >= 0.6 is 12.2 Å². The highest BCUT2D eigenvalue weighted by atomic mass is 32.1. The summed E-state index contributed by atoms with van der Waals surface area (Å²) in [5.41, 5.74) is 0.647. The molecule has 1 heterocycles. The Bertz CT molecular complexity index is 716. The highest BCUT2D eigenvalue weighted by Gasteiger charge is 2.01. The van der Waals surface area contributed by atoms with Gasteiger partial charge in [0.2, 0.25) is 4.77 Å². The molecule has 2 aromatic rings. The summed E-state index contributed by atoms with van der Waals surface area (Å²) in [7, 11) is 1.60. The number of hydrogen-bond donors (Lipinski definition) is 2. The Balaban J connectivity index is 2.30. The van der Waals surface area contributed by atoms with Crippen molar-refractivity contribution in [1.82, 2.24) is 14.9 Å². The van der Waals surface area contributed by atoms with Crippen LogP contribution in [0.25, 0.3) is 12.2 Å². The maximum atomic E-state index is 11.7. The minimum atomic E-state index is -0.450. The summed E-state index contributed by atoms with van der Waals surface area (Å²) in [6, 6.07) is 7.38. The van der Waals surface area contributed by atoms with Gasteiger partial charge in [0.1, 0.15) is 5.75 Å². The van der Waals surface area contributed by atoms with Gasteiger partial charge in [-0.15, -0.1) is 0 Å². The number of aromatic amines is 1. The topological polar surface area (TPSA) is 85.9 Å². The van der Waals surface area contributed by atoms with Crippen LogP contribution in [0.5, 0.6) is 5.75 Å². The number of hydrogen-bond acceptors (Lipinski definition) is 5. The SMILES string of the molecule is COc1ccc(/C=C/c2n[nH]c(=S)n(N)c2=O)cc1. The van der Waals surface area contributed by atoms with Gasteiger partial charge in [0.15, 0.2) is 5.69 Å². The number of methoxy groups -OCH3 is 1. The summed E-state index contributed by atoms with van der Waals surface area (Å²) < 4.78 is 5.98. The monoisotopic (exact) mass is 276 g/mol. The van der Waals surface area contributed by atoms with E-state index in [9.17, 15) is 4.79 Å². The number of benzene rings is 1. The van der Waals surface area contributed by atoms with Crippen molar-refractivity contribution in [2.24, 2.45) is 0 Å². The van der Waals surface area contributed by atoms with E-state index in [1.54, 1.807) is 19.3 Å². The molecule has 7 heteroatoms. The number of nitrogens with zero attached hydrogens (tertiary/aromatic N) is 2. The van der Waals surface area contributed by atoms with Crippen molar-refractivity contribution < 1.29 is 4.74 Å². The standard InChI is InChI=1S/C12H12N4O2S/c1-18-9-5-2-8(3-6-9)4-7-10-11(17)16(13)12(19)15-14-10/h2-7H,13H2,1H3,(H,15,19)/b7-4+. The first kappa shape index (κ1) is 13.0. The van der Waals surface area contributed by atoms with Gasteiger partial charge < -0.3 is 10.6 Å². The zero-order valence-electron chi connectivity index (χ0n) is 10.2. The molecule has 1 aromatic heterocycles. The molecule has 1 aromatic carbocycles. The van der Waals surface area contributed by atoms with Crippen LogP contribution in [-0.2, 0) is 0 Å². The van der Waals surface area contributed by atoms with E-state index >= 15 is 0 Å². The van der Waals surface area contributed by atoms with Gasteiger partial charge in [-0.25, -0.2) is 0 Å². The number of rotatable bonds is 3. The molecular formula is C12H12N4O2S. The molecule has 6 nitrogen and oxygen atoms in total. The number of aromatic nitrogens is 3. The third-order valence-electron chi connectivity index (χ3n) is 2.48. The molecule has 19 heavy (non-hydrogen) atoms. The number of nitrogen functional groups attached to an aromatic ring is 1. The van der Waals surface area contributed by atoms with Gasteiger partial charge in [-0.1, -0.05) is 18.2 Å². The third kappa shape index (κ3) is 2.89. The second kappa shape index (κ2) is 5.49. The summed E-state index contributed by atoms with van der Waals surface area (Å²) >= 11 is 4.79. The molecule has 0 saturated heterocycles. The number of H-pyrrole nitrogens is 1. The van der Waals surface area contributed by atoms with Crippen LogP contribution in [-0.4, -0.2) is 22.0 Å². The second-order valence-electron chi connectivity index (χ2n) is 3.70. The molecule has 0 amide bonds. The minimum absolute atomic E-state index is 0.0756. The zero-order chi connectivity index (χ0) is 13.8. The predicted molar refractivity (Wildman–Crippen MR) is 75.8 cm³/mol. The predicted octanol–water partition coefficient (Wildman–Crippen LogP) is 1.19. The molecule has 0 atom stereocenters. The Morgan fingerprint density at radius 1 is 1.37 bits per heavy atom. The fraction of sp³-hybridized carbons (Fsp3) is 0.0833. The van der Waals surface area contributed by atoms with E-state index in [1.165, 1.54) is 0 Å². The van der Waals surface area contributed by atoms with Crippen molar-refractivity contribution in [3.8, 4) is 5.75 Å². The Morgan fingerprint density at radius 3 is 2.68 bits per heavy atom. The van der Waals surface area contributed by atoms with E-state index in [-0.39, 0.29) is 10.5 Å². The van der Waals surface area contributed by atoms with Crippen molar-refractivity contribution >= 4 is 24.4 Å². The first-order valence-corrected chi connectivity index (χ1v) is 5.81. The number of nitrogens with two attached hydrogens (primary N) is 1. The van der Waals surface area contributed by atoms with E-state index in [0.29, 0.717) is 0 Å². The fourth-order valence-electron chi connectivity index (χ4n) is 1.42. The minimum Gasteiger partial charge on any atom is -0.497 e. The van der Waals surface area contributed by atoms with Crippen LogP contribution in [0.4, 0.5) is 0 Å². The molecule has 0 aliphatic heterocycles. The summed E-state index contributed by atoms with van der Waals surface area (Å²) in [5, 5.41) is 6.33. The summed E-state index contributed by atoms with van der Waals surface area (Å²) in [4.78, 5) is 11.7. The summed E-state index contributed by atoms with van der Waals surface area (Å²) in [6.07, 6.45) is 3.32. The maximum absolute atomic E-state index is 11.7. The molecule has 0 saturated carbocycles. The van der Waals surface area contributed by atoms with Crippen LogP contribution in [0.15, 0.2) is 29.1 Å². The molecule has 0 fully saturated rings. The first-order valence-electron chi connectivity index (χ1n) is 5.41. The van der Waals surface area contributed by atoms with Crippen molar-refractivity contribution in [3.05, 3.63) is 50.6 Å². The van der Waals surface area contributed by atoms with Crippen molar-refractivity contribution in [1.29, 1.82) is 0 Å². The maximum Gasteiger partial charge on any atom is 0.298 e. The first-order chi connectivity index (χ1) is 9.11. The molecule has 0 bridgehead atoms. The average Bonchev–Trinajstić information content (AvgIpc) is 2.45. The normalized spacial score (nSPS) is 10.8. The molecule has 0 radical (unpaired) electrons. The third-order valence-corrected chi connectivity index (χ3v) is 2.77. The van der Waals surface area contributed by atoms with E-state index < -0.39 is 5.56 Å². The molecule has 0 spiro atoms. The fourth-order valence-corrected chi connectivity index (χ4v) is 1.55. The highest BCUT2D eigenvalue weighted by Crippen LogP contribution is 2.12. The van der Waals surface area contributed by atoms with Crippen molar-refractivity contribution in [3.63, 3.8) is 0 Å². The van der Waals surface area contributed by atoms with Crippen molar-refractivity contribution in [2.75, 3.05) is 13.0 Å². The average molecular weight is 276 g/mol. The smallest absolute Gasteiger partial charge is 0.298 e. The van der Waals surface area contributed by atoms with Crippen LogP contribution in [0.3, 0.4) is 0 Å². The molecule has 3 N–H and O–H groups in total. The number of nitrogens with one attached hydrogen (secondary N) is 1. The number of ether oxygens (including phenoxy) is 1. The van der Waals surface area contributed by atoms with Gasteiger partial charge in [-0.2, -0.15) is 9.77 Å². The molecule has 0 aliphatic carbocycles. The largest absolute Gasteiger partial charge is 0.497 e. The van der Waals surface area contributed by atoms with Gasteiger partial charge >= 0.3 is 0 Å². The molecular weight excluding hydrogens is 264 g/mol. The molecule has 98 valence electrons. The lowest BCUT2D eigenvalue weighted by Gasteiger charge is -2.00. The van der Waals surface area contributed by atoms with Crippen LogP contribution in [0.2, 0.25) is 0 Å². The summed E-state index contributed by atoms with van der Waals surface area (Å²) in [6.45, 7) is 0. The molecule has 0 unspecified atom stereocenters. The van der Waals surface area contributed by atoms with Gasteiger partial charge in [-0.05, 0) is 36.0 Å². The molecule has 2 rings (SSSR count). The summed E-state index contributed by atoms with van der Waals surface area (Å²) in [5.74, 6) is 6.23. The van der Waals surface area contributed by atoms with Crippen LogP contribution in [0, 0.1) is 4.77 Å². The van der Waals surface area contributed by atoms with Crippen LogP contribution < -0.4 is 16.1 Å². The zero-order valence-corrected chi connectivity index (χ0v) is 11.0. The Kier molecular flexibility index (Phi) is 3.76. The Morgan fingerprint density at radius 2 is 2.05 bits per heavy atom. The van der Waals surface area contributed by atoms with E-state index in [2.05, 4.69) is 10.2 Å². The second-order valence-corrected chi connectivity index (χ2v) is 4.08.